The molecule has 0 bridgehead atoms. The maximum absolute atomic E-state index is 5.20. The molecule has 6 aromatic carbocycles. The largest absolute Gasteiger partial charge is 0.307 e. The smallest absolute Gasteiger partial charge is 0.0730 e. The maximum Gasteiger partial charge on any atom is 0.0730 e. The van der Waals surface area contributed by atoms with Crippen LogP contribution in [0.4, 0.5) is 0 Å². The van der Waals surface area contributed by atoms with Crippen LogP contribution in [0.3, 0.4) is 0 Å². The van der Waals surface area contributed by atoms with Gasteiger partial charge in [0.15, 0.2) is 0 Å². The van der Waals surface area contributed by atoms with Gasteiger partial charge in [-0.3, -0.25) is 0 Å². The number of hydrogen-bond acceptors (Lipinski definition) is 2. The van der Waals surface area contributed by atoms with Gasteiger partial charge < -0.3 is 4.57 Å². The van der Waals surface area contributed by atoms with Gasteiger partial charge in [-0.15, -0.1) is 11.3 Å². The van der Waals surface area contributed by atoms with Gasteiger partial charge in [-0.2, -0.15) is 0 Å². The highest BCUT2D eigenvalue weighted by Gasteiger charge is 2.38. The van der Waals surface area contributed by atoms with Crippen molar-refractivity contribution in [1.82, 2.24) is 9.55 Å². The number of para-hydroxylation sites is 1. The summed E-state index contributed by atoms with van der Waals surface area (Å²) in [5.41, 5.74) is 12.1. The van der Waals surface area contributed by atoms with Gasteiger partial charge in [-0.25, -0.2) is 4.98 Å². The molecule has 1 aliphatic rings. The van der Waals surface area contributed by atoms with Crippen molar-refractivity contribution in [2.24, 2.45) is 0 Å². The van der Waals surface area contributed by atoms with Crippen molar-refractivity contribution in [2.45, 2.75) is 19.3 Å². The Bertz CT molecular complexity index is 2670. The van der Waals surface area contributed by atoms with Crippen LogP contribution in [0, 0.1) is 0 Å². The first-order valence-electron chi connectivity index (χ1n) is 15.6. The lowest BCUT2D eigenvalue weighted by molar-refractivity contribution is 0.664. The number of pyridine rings is 1. The molecular formula is C42H28N2S. The third kappa shape index (κ3) is 3.31. The zero-order valence-corrected chi connectivity index (χ0v) is 25.8. The van der Waals surface area contributed by atoms with E-state index in [2.05, 4.69) is 152 Å². The fourth-order valence-corrected chi connectivity index (χ4v) is 9.10. The first-order valence-corrected chi connectivity index (χ1v) is 16.4. The Morgan fingerprint density at radius 2 is 1.29 bits per heavy atom. The van der Waals surface area contributed by atoms with E-state index in [0.717, 1.165) is 22.2 Å². The highest BCUT2D eigenvalue weighted by molar-refractivity contribution is 7.26. The fourth-order valence-electron chi connectivity index (χ4n) is 8.00. The van der Waals surface area contributed by atoms with Crippen LogP contribution in [0.2, 0.25) is 0 Å². The van der Waals surface area contributed by atoms with Gasteiger partial charge in [-0.1, -0.05) is 123 Å². The van der Waals surface area contributed by atoms with Crippen molar-refractivity contribution in [2.75, 3.05) is 0 Å². The lowest BCUT2D eigenvalue weighted by Crippen LogP contribution is -2.16. The summed E-state index contributed by atoms with van der Waals surface area (Å²) in [6.07, 6.45) is 0. The molecule has 0 N–H and O–H groups in total. The summed E-state index contributed by atoms with van der Waals surface area (Å²) in [4.78, 5) is 5.20. The number of thiophene rings is 1. The third-order valence-corrected chi connectivity index (χ3v) is 11.1. The molecule has 0 spiro atoms. The molecule has 2 nitrogen and oxygen atoms in total. The highest BCUT2D eigenvalue weighted by Crippen LogP contribution is 2.54. The first kappa shape index (κ1) is 25.1. The molecular weight excluding hydrogens is 565 g/mol. The first-order chi connectivity index (χ1) is 22.1. The summed E-state index contributed by atoms with van der Waals surface area (Å²) < 4.78 is 5.24. The summed E-state index contributed by atoms with van der Waals surface area (Å²) in [6, 6.07) is 48.8. The second-order valence-electron chi connectivity index (χ2n) is 12.7. The Balaban J connectivity index is 1.48. The van der Waals surface area contributed by atoms with Gasteiger partial charge >= 0.3 is 0 Å². The van der Waals surface area contributed by atoms with E-state index in [0.29, 0.717) is 0 Å². The van der Waals surface area contributed by atoms with E-state index >= 15 is 0 Å². The molecule has 10 rings (SSSR count). The topological polar surface area (TPSA) is 17.8 Å². The van der Waals surface area contributed by atoms with Crippen LogP contribution in [0.1, 0.15) is 25.0 Å². The SMILES string of the molecule is CC1(C)c2ccccc2-c2ccc3c4ccc5sc6ccccc6c5c4n(-c4cc(-c5ccccc5)nc5ccccc45)c3c21. The number of rotatable bonds is 2. The van der Waals surface area contributed by atoms with Crippen LogP contribution in [0.25, 0.3) is 81.0 Å². The number of nitrogens with zero attached hydrogens (tertiary/aromatic N) is 2. The van der Waals surface area contributed by atoms with E-state index < -0.39 is 0 Å². The molecule has 45 heavy (non-hydrogen) atoms. The van der Waals surface area contributed by atoms with Gasteiger partial charge in [0.1, 0.15) is 0 Å². The normalized spacial score (nSPS) is 13.7. The zero-order chi connectivity index (χ0) is 29.9. The number of aromatic nitrogens is 2. The maximum atomic E-state index is 5.20. The molecule has 0 saturated heterocycles. The Kier molecular flexibility index (Phi) is 4.97. The van der Waals surface area contributed by atoms with Crippen LogP contribution in [-0.4, -0.2) is 9.55 Å². The Morgan fingerprint density at radius 1 is 0.578 bits per heavy atom. The van der Waals surface area contributed by atoms with Gasteiger partial charge in [0.05, 0.1) is 27.9 Å². The minimum absolute atomic E-state index is 0.168. The monoisotopic (exact) mass is 592 g/mol. The van der Waals surface area contributed by atoms with Gasteiger partial charge in [0, 0.05) is 47.3 Å². The Labute approximate surface area is 264 Å². The molecule has 0 aliphatic heterocycles. The molecule has 3 heterocycles. The molecule has 9 aromatic rings. The van der Waals surface area contributed by atoms with E-state index in [1.54, 1.807) is 0 Å². The lowest BCUT2D eigenvalue weighted by Gasteiger charge is -2.24. The van der Waals surface area contributed by atoms with Crippen LogP contribution < -0.4 is 0 Å². The number of benzene rings is 6. The summed E-state index contributed by atoms with van der Waals surface area (Å²) >= 11 is 1.88. The van der Waals surface area contributed by atoms with Crippen molar-refractivity contribution in [3.05, 3.63) is 145 Å². The summed E-state index contributed by atoms with van der Waals surface area (Å²) in [7, 11) is 0. The molecule has 0 unspecified atom stereocenters. The molecule has 0 radical (unpaired) electrons. The van der Waals surface area contributed by atoms with Crippen LogP contribution in [0.15, 0.2) is 133 Å². The van der Waals surface area contributed by atoms with Gasteiger partial charge in [0.2, 0.25) is 0 Å². The summed E-state index contributed by atoms with van der Waals surface area (Å²) in [5, 5.41) is 6.38. The van der Waals surface area contributed by atoms with E-state index in [1.165, 1.54) is 69.9 Å². The van der Waals surface area contributed by atoms with Crippen molar-refractivity contribution >= 4 is 64.2 Å². The molecule has 3 heteroatoms. The van der Waals surface area contributed by atoms with E-state index in [1.807, 2.05) is 11.3 Å². The second-order valence-corrected chi connectivity index (χ2v) is 13.8. The molecule has 212 valence electrons. The molecule has 0 fully saturated rings. The number of hydrogen-bond donors (Lipinski definition) is 0. The Hall–Kier alpha value is -5.25. The van der Waals surface area contributed by atoms with Crippen molar-refractivity contribution < 1.29 is 0 Å². The predicted molar refractivity (Wildman–Crippen MR) is 192 cm³/mol. The summed E-state index contributed by atoms with van der Waals surface area (Å²) in [6.45, 7) is 4.80. The van der Waals surface area contributed by atoms with Crippen LogP contribution >= 0.6 is 11.3 Å². The minimum atomic E-state index is -0.168. The average molecular weight is 593 g/mol. The number of fused-ring (bicyclic) bond motifs is 12. The highest BCUT2D eigenvalue weighted by atomic mass is 32.1. The second kappa shape index (κ2) is 8.90. The van der Waals surface area contributed by atoms with Gasteiger partial charge in [0.25, 0.3) is 0 Å². The zero-order valence-electron chi connectivity index (χ0n) is 25.0. The van der Waals surface area contributed by atoms with Crippen molar-refractivity contribution in [1.29, 1.82) is 0 Å². The fraction of sp³-hybridized carbons (Fsp3) is 0.0714. The van der Waals surface area contributed by atoms with Crippen LogP contribution in [0.5, 0.6) is 0 Å². The third-order valence-electron chi connectivity index (χ3n) is 9.95. The summed E-state index contributed by atoms with van der Waals surface area (Å²) in [5.74, 6) is 0. The van der Waals surface area contributed by atoms with Crippen molar-refractivity contribution in [3.63, 3.8) is 0 Å². The predicted octanol–water partition coefficient (Wildman–Crippen LogP) is 11.7. The molecule has 0 saturated carbocycles. The van der Waals surface area contributed by atoms with E-state index in [-0.39, 0.29) is 5.41 Å². The van der Waals surface area contributed by atoms with Crippen molar-refractivity contribution in [3.8, 4) is 28.1 Å². The lowest BCUT2D eigenvalue weighted by atomic mass is 9.81. The Morgan fingerprint density at radius 3 is 2.18 bits per heavy atom. The van der Waals surface area contributed by atoms with Gasteiger partial charge in [-0.05, 0) is 46.5 Å². The quantitative estimate of drug-likeness (QED) is 0.195. The minimum Gasteiger partial charge on any atom is -0.307 e. The van der Waals surface area contributed by atoms with Crippen LogP contribution in [-0.2, 0) is 5.41 Å². The molecule has 0 atom stereocenters. The molecule has 1 aliphatic carbocycles. The molecule has 3 aromatic heterocycles. The van der Waals surface area contributed by atoms with E-state index in [9.17, 15) is 0 Å². The average Bonchev–Trinajstić information content (AvgIpc) is 3.70. The molecule has 0 amide bonds. The standard InChI is InChI=1S/C42H28N2S/c1-42(2)32-17-9-6-14-26(32)27-20-21-29-28-22-23-37-38(31-16-8-11-19-36(31)45-37)40(28)44(41(29)39(27)42)35-24-34(25-12-4-3-5-13-25)43-33-18-10-7-15-30(33)35/h3-24H,1-2H3. The van der Waals surface area contributed by atoms with E-state index in [4.69, 9.17) is 4.98 Å².